The van der Waals surface area contributed by atoms with E-state index in [9.17, 15) is 4.79 Å². The van der Waals surface area contributed by atoms with E-state index in [4.69, 9.17) is 0 Å². The fourth-order valence-electron chi connectivity index (χ4n) is 4.26. The van der Waals surface area contributed by atoms with E-state index in [0.29, 0.717) is 0 Å². The molecule has 28 heavy (non-hydrogen) atoms. The number of rotatable bonds is 2. The molecule has 6 nitrogen and oxygen atoms in total. The van der Waals surface area contributed by atoms with E-state index in [1.54, 1.807) is 12.4 Å². The second kappa shape index (κ2) is 5.86. The number of aromatic nitrogens is 4. The summed E-state index contributed by atoms with van der Waals surface area (Å²) in [4.78, 5) is 31.5. The molecule has 0 radical (unpaired) electrons. The number of pyridine rings is 1. The Morgan fingerprint density at radius 3 is 2.75 bits per heavy atom. The lowest BCUT2D eigenvalue weighted by molar-refractivity contribution is -0.125. The van der Waals surface area contributed by atoms with E-state index < -0.39 is 5.41 Å². The molecule has 3 aromatic heterocycles. The number of nitrogens with one attached hydrogen (secondary N) is 1. The van der Waals surface area contributed by atoms with Crippen LogP contribution in [0.1, 0.15) is 31.7 Å². The lowest BCUT2D eigenvalue weighted by Gasteiger charge is -2.26. The van der Waals surface area contributed by atoms with E-state index in [1.165, 1.54) is 0 Å². The third kappa shape index (κ3) is 2.34. The molecule has 5 rings (SSSR count). The number of carbonyl (C=O) groups excluding carboxylic acids is 1. The van der Waals surface area contributed by atoms with E-state index in [0.717, 1.165) is 45.7 Å². The summed E-state index contributed by atoms with van der Waals surface area (Å²) in [6.07, 6.45) is 14.2. The van der Waals surface area contributed by atoms with Crippen LogP contribution in [0, 0.1) is 18.3 Å². The molecule has 1 N–H and O–H groups in total. The fourth-order valence-corrected chi connectivity index (χ4v) is 4.26. The van der Waals surface area contributed by atoms with Crippen LogP contribution in [0.15, 0.2) is 54.9 Å². The molecule has 1 saturated heterocycles. The molecular weight excluding hydrogens is 350 g/mol. The van der Waals surface area contributed by atoms with Crippen molar-refractivity contribution in [2.45, 2.75) is 27.2 Å². The number of fused-ring (bicyclic) bond motifs is 2. The average Bonchev–Trinajstić information content (AvgIpc) is 3.24. The number of aryl methyl sites for hydroxylation is 1. The van der Waals surface area contributed by atoms with Crippen LogP contribution >= 0.6 is 0 Å². The van der Waals surface area contributed by atoms with Crippen LogP contribution < -0.4 is 4.90 Å². The number of aromatic amines is 1. The van der Waals surface area contributed by atoms with Crippen molar-refractivity contribution >= 4 is 28.1 Å². The first kappa shape index (κ1) is 16.9. The van der Waals surface area contributed by atoms with Crippen LogP contribution in [0.25, 0.3) is 16.5 Å². The van der Waals surface area contributed by atoms with Gasteiger partial charge in [0, 0.05) is 41.2 Å². The maximum absolute atomic E-state index is 13.4. The van der Waals surface area contributed by atoms with Gasteiger partial charge in [0.2, 0.25) is 5.91 Å². The van der Waals surface area contributed by atoms with Gasteiger partial charge < -0.3 is 4.98 Å². The summed E-state index contributed by atoms with van der Waals surface area (Å²) in [5, 5.41) is 0.996. The first-order valence-electron chi connectivity index (χ1n) is 9.43. The molecule has 4 heterocycles. The number of H-pyrrole nitrogens is 1. The highest BCUT2D eigenvalue weighted by molar-refractivity contribution is 6.10. The molecule has 2 aliphatic rings. The molecular formula is C22H21N5O. The zero-order chi connectivity index (χ0) is 19.5. The highest BCUT2D eigenvalue weighted by atomic mass is 16.2. The number of hydrogen-bond acceptors (Lipinski definition) is 4. The normalized spacial score (nSPS) is 20.9. The van der Waals surface area contributed by atoms with Crippen LogP contribution in [0.2, 0.25) is 0 Å². The maximum Gasteiger partial charge on any atom is 0.237 e. The first-order chi connectivity index (χ1) is 13.5. The molecule has 1 amide bonds. The SMILES string of the molecule is Cc1ncc(C2=CCC3C(=C2)N(c2cncc4[nH]ccc24)C(=O)C3(C)C)cn1. The average molecular weight is 371 g/mol. The maximum atomic E-state index is 13.4. The van der Waals surface area contributed by atoms with Gasteiger partial charge in [-0.1, -0.05) is 19.9 Å². The molecule has 1 unspecified atom stereocenters. The van der Waals surface area contributed by atoms with Gasteiger partial charge >= 0.3 is 0 Å². The van der Waals surface area contributed by atoms with Crippen molar-refractivity contribution in [3.05, 3.63) is 66.3 Å². The molecule has 0 saturated carbocycles. The summed E-state index contributed by atoms with van der Waals surface area (Å²) in [6, 6.07) is 1.99. The number of amides is 1. The lowest BCUT2D eigenvalue weighted by Crippen LogP contribution is -2.31. The van der Waals surface area contributed by atoms with Crippen molar-refractivity contribution in [1.82, 2.24) is 19.9 Å². The third-order valence-corrected chi connectivity index (χ3v) is 5.93. The zero-order valence-electron chi connectivity index (χ0n) is 16.1. The van der Waals surface area contributed by atoms with Gasteiger partial charge in [0.25, 0.3) is 0 Å². The van der Waals surface area contributed by atoms with E-state index in [1.807, 2.05) is 50.3 Å². The Bertz CT molecular complexity index is 1150. The molecule has 1 atom stereocenters. The molecule has 0 bridgehead atoms. The van der Waals surface area contributed by atoms with Crippen LogP contribution in [0.5, 0.6) is 0 Å². The van der Waals surface area contributed by atoms with E-state index in [2.05, 4.69) is 32.1 Å². The monoisotopic (exact) mass is 371 g/mol. The van der Waals surface area contributed by atoms with Gasteiger partial charge in [0.1, 0.15) is 5.82 Å². The Labute approximate surface area is 163 Å². The lowest BCUT2D eigenvalue weighted by atomic mass is 9.75. The Kier molecular flexibility index (Phi) is 3.53. The van der Waals surface area contributed by atoms with Crippen LogP contribution in [-0.4, -0.2) is 25.8 Å². The minimum absolute atomic E-state index is 0.106. The van der Waals surface area contributed by atoms with Crippen molar-refractivity contribution in [1.29, 1.82) is 0 Å². The fraction of sp³-hybridized carbons (Fsp3) is 0.273. The number of allylic oxidation sites excluding steroid dienone is 4. The number of anilines is 1. The smallest absolute Gasteiger partial charge is 0.237 e. The highest BCUT2D eigenvalue weighted by Crippen LogP contribution is 2.51. The van der Waals surface area contributed by atoms with Crippen LogP contribution in [-0.2, 0) is 4.79 Å². The molecule has 6 heteroatoms. The zero-order valence-corrected chi connectivity index (χ0v) is 16.1. The number of hydrogen-bond donors (Lipinski definition) is 1. The van der Waals surface area contributed by atoms with Crippen LogP contribution in [0.4, 0.5) is 5.69 Å². The summed E-state index contributed by atoms with van der Waals surface area (Å²) < 4.78 is 0. The molecule has 3 aromatic rings. The highest BCUT2D eigenvalue weighted by Gasteiger charge is 2.51. The quantitative estimate of drug-likeness (QED) is 0.738. The van der Waals surface area contributed by atoms with Gasteiger partial charge in [-0.05, 0) is 31.1 Å². The summed E-state index contributed by atoms with van der Waals surface area (Å²) in [7, 11) is 0. The van der Waals surface area contributed by atoms with Gasteiger partial charge in [-0.3, -0.25) is 14.7 Å². The predicted octanol–water partition coefficient (Wildman–Crippen LogP) is 4.02. The van der Waals surface area contributed by atoms with Crippen molar-refractivity contribution in [2.75, 3.05) is 4.90 Å². The molecule has 0 spiro atoms. The summed E-state index contributed by atoms with van der Waals surface area (Å²) in [5.41, 5.74) is 4.31. The van der Waals surface area contributed by atoms with Gasteiger partial charge in [-0.25, -0.2) is 9.97 Å². The number of nitrogens with zero attached hydrogens (tertiary/aromatic N) is 4. The second-order valence-electron chi connectivity index (χ2n) is 8.00. The van der Waals surface area contributed by atoms with Gasteiger partial charge in [0.05, 0.1) is 29.0 Å². The molecule has 140 valence electrons. The van der Waals surface area contributed by atoms with E-state index in [-0.39, 0.29) is 11.8 Å². The van der Waals surface area contributed by atoms with Crippen molar-refractivity contribution in [2.24, 2.45) is 11.3 Å². The van der Waals surface area contributed by atoms with Crippen molar-refractivity contribution in [3.8, 4) is 0 Å². The Hall–Kier alpha value is -3.28. The van der Waals surface area contributed by atoms with Gasteiger partial charge in [-0.2, -0.15) is 0 Å². The second-order valence-corrected chi connectivity index (χ2v) is 8.00. The first-order valence-corrected chi connectivity index (χ1v) is 9.43. The predicted molar refractivity (Wildman–Crippen MR) is 108 cm³/mol. The van der Waals surface area contributed by atoms with Crippen molar-refractivity contribution in [3.63, 3.8) is 0 Å². The summed E-state index contributed by atoms with van der Waals surface area (Å²) in [5.74, 6) is 0.980. The summed E-state index contributed by atoms with van der Waals surface area (Å²) >= 11 is 0. The minimum Gasteiger partial charge on any atom is -0.360 e. The third-order valence-electron chi connectivity index (χ3n) is 5.93. The Morgan fingerprint density at radius 2 is 1.96 bits per heavy atom. The summed E-state index contributed by atoms with van der Waals surface area (Å²) in [6.45, 7) is 5.94. The van der Waals surface area contributed by atoms with Gasteiger partial charge in [0.15, 0.2) is 0 Å². The Morgan fingerprint density at radius 1 is 1.18 bits per heavy atom. The largest absolute Gasteiger partial charge is 0.360 e. The molecule has 1 fully saturated rings. The number of carbonyl (C=O) groups is 1. The van der Waals surface area contributed by atoms with Crippen molar-refractivity contribution < 1.29 is 4.79 Å². The molecule has 0 aromatic carbocycles. The molecule has 1 aliphatic heterocycles. The molecule has 1 aliphatic carbocycles. The minimum atomic E-state index is -0.476. The van der Waals surface area contributed by atoms with Crippen LogP contribution in [0.3, 0.4) is 0 Å². The van der Waals surface area contributed by atoms with Gasteiger partial charge in [-0.15, -0.1) is 0 Å². The topological polar surface area (TPSA) is 74.8 Å². The standard InChI is InChI=1S/C22H21N5O/c1-13-25-9-15(10-26-13)14-4-5-17-19(8-14)27(21(28)22(17,2)3)20-12-23-11-18-16(20)6-7-24-18/h4,6-12,17,24H,5H2,1-3H3. The van der Waals surface area contributed by atoms with E-state index >= 15 is 0 Å². The Balaban J connectivity index is 1.66.